The van der Waals surface area contributed by atoms with Crippen LogP contribution >= 0.6 is 0 Å². The minimum atomic E-state index is -0.758. The smallest absolute Gasteiger partial charge is 0.408 e. The van der Waals surface area contributed by atoms with Crippen molar-refractivity contribution in [3.8, 4) is 0 Å². The normalized spacial score (nSPS) is 12.7. The first-order chi connectivity index (χ1) is 10.8. The average molecular weight is 316 g/mol. The van der Waals surface area contributed by atoms with Crippen molar-refractivity contribution in [1.29, 1.82) is 0 Å². The first-order valence-corrected chi connectivity index (χ1v) is 7.35. The molecular formula is C17H20N2O4. The molecule has 0 bridgehead atoms. The minimum Gasteiger partial charge on any atom is -0.444 e. The van der Waals surface area contributed by atoms with Crippen molar-refractivity contribution >= 4 is 16.9 Å². The molecule has 0 fully saturated rings. The lowest BCUT2D eigenvalue weighted by molar-refractivity contribution is -0.484. The summed E-state index contributed by atoms with van der Waals surface area (Å²) in [5, 5.41) is 15.4. The summed E-state index contributed by atoms with van der Waals surface area (Å²) in [5.74, 6) is 0. The molecule has 1 N–H and O–H groups in total. The van der Waals surface area contributed by atoms with Crippen molar-refractivity contribution in [3.63, 3.8) is 0 Å². The van der Waals surface area contributed by atoms with Crippen molar-refractivity contribution in [2.24, 2.45) is 0 Å². The fraction of sp³-hybridized carbons (Fsp3) is 0.353. The molecule has 0 radical (unpaired) electrons. The highest BCUT2D eigenvalue weighted by molar-refractivity contribution is 5.86. The summed E-state index contributed by atoms with van der Waals surface area (Å²) < 4.78 is 5.21. The molecule has 2 aromatic rings. The Morgan fingerprint density at radius 2 is 1.87 bits per heavy atom. The Labute approximate surface area is 134 Å². The Hall–Kier alpha value is -2.63. The van der Waals surface area contributed by atoms with Gasteiger partial charge in [0.05, 0.1) is 0 Å². The lowest BCUT2D eigenvalue weighted by atomic mass is 9.99. The summed E-state index contributed by atoms with van der Waals surface area (Å²) in [6, 6.07) is 12.3. The van der Waals surface area contributed by atoms with E-state index in [4.69, 9.17) is 4.74 Å². The molecule has 0 aliphatic heterocycles. The van der Waals surface area contributed by atoms with Crippen molar-refractivity contribution in [1.82, 2.24) is 5.32 Å². The standard InChI is InChI=1S/C17H20N2O4/c1-17(2,3)23-16(20)18-15(11-19(21)22)14-10-6-8-12-7-4-5-9-13(12)14/h4-10,15H,11H2,1-3H3,(H,18,20)/t15-/m1/s1. The molecule has 23 heavy (non-hydrogen) atoms. The van der Waals surface area contributed by atoms with Gasteiger partial charge in [-0.15, -0.1) is 0 Å². The third-order valence-corrected chi connectivity index (χ3v) is 3.22. The summed E-state index contributed by atoms with van der Waals surface area (Å²) in [6.07, 6.45) is -0.669. The van der Waals surface area contributed by atoms with Crippen LogP contribution in [0, 0.1) is 10.1 Å². The Balaban J connectivity index is 2.34. The molecule has 0 saturated heterocycles. The van der Waals surface area contributed by atoms with E-state index in [9.17, 15) is 14.9 Å². The molecule has 0 spiro atoms. The highest BCUT2D eigenvalue weighted by Crippen LogP contribution is 2.25. The third kappa shape index (κ3) is 4.67. The van der Waals surface area contributed by atoms with Crippen LogP contribution in [-0.2, 0) is 4.74 Å². The van der Waals surface area contributed by atoms with Crippen LogP contribution in [0.1, 0.15) is 32.4 Å². The molecule has 0 aliphatic carbocycles. The Morgan fingerprint density at radius 3 is 2.52 bits per heavy atom. The maximum Gasteiger partial charge on any atom is 0.408 e. The predicted octanol–water partition coefficient (Wildman–Crippen LogP) is 3.68. The zero-order valence-electron chi connectivity index (χ0n) is 13.4. The number of hydrogen-bond donors (Lipinski definition) is 1. The maximum atomic E-state index is 12.0. The van der Waals surface area contributed by atoms with Gasteiger partial charge in [-0.1, -0.05) is 42.5 Å². The van der Waals surface area contributed by atoms with Gasteiger partial charge in [0.1, 0.15) is 11.6 Å². The molecule has 0 unspecified atom stereocenters. The van der Waals surface area contributed by atoms with Gasteiger partial charge in [0, 0.05) is 4.92 Å². The van der Waals surface area contributed by atoms with Crippen LogP contribution in [-0.4, -0.2) is 23.2 Å². The zero-order chi connectivity index (χ0) is 17.0. The number of nitrogens with zero attached hydrogens (tertiary/aromatic N) is 1. The van der Waals surface area contributed by atoms with Crippen LogP contribution in [0.25, 0.3) is 10.8 Å². The quantitative estimate of drug-likeness (QED) is 0.689. The van der Waals surface area contributed by atoms with Gasteiger partial charge in [0.15, 0.2) is 0 Å². The molecule has 0 aromatic heterocycles. The number of benzene rings is 2. The molecule has 6 nitrogen and oxygen atoms in total. The van der Waals surface area contributed by atoms with Crippen LogP contribution in [0.15, 0.2) is 42.5 Å². The Morgan fingerprint density at radius 1 is 1.22 bits per heavy atom. The van der Waals surface area contributed by atoms with E-state index in [2.05, 4.69) is 5.32 Å². The first kappa shape index (κ1) is 16.7. The van der Waals surface area contributed by atoms with Gasteiger partial charge in [-0.25, -0.2) is 4.79 Å². The maximum absolute atomic E-state index is 12.0. The number of nitro groups is 1. The van der Waals surface area contributed by atoms with E-state index in [0.29, 0.717) is 5.56 Å². The second kappa shape index (κ2) is 6.64. The number of ether oxygens (including phenoxy) is 1. The topological polar surface area (TPSA) is 81.5 Å². The number of carbonyl (C=O) groups is 1. The summed E-state index contributed by atoms with van der Waals surface area (Å²) >= 11 is 0. The van der Waals surface area contributed by atoms with Crippen LogP contribution in [0.4, 0.5) is 4.79 Å². The minimum absolute atomic E-state index is 0.409. The van der Waals surface area contributed by atoms with Gasteiger partial charge in [0.2, 0.25) is 6.54 Å². The van der Waals surface area contributed by atoms with Crippen LogP contribution in [0.2, 0.25) is 0 Å². The summed E-state index contributed by atoms with van der Waals surface area (Å²) in [7, 11) is 0. The molecule has 0 saturated carbocycles. The lowest BCUT2D eigenvalue weighted by Crippen LogP contribution is -2.37. The van der Waals surface area contributed by atoms with Crippen LogP contribution in [0.3, 0.4) is 0 Å². The molecule has 6 heteroatoms. The van der Waals surface area contributed by atoms with E-state index in [1.165, 1.54) is 0 Å². The molecular weight excluding hydrogens is 296 g/mol. The van der Waals surface area contributed by atoms with Crippen molar-refractivity contribution < 1.29 is 14.5 Å². The number of carbonyl (C=O) groups excluding carboxylic acids is 1. The number of fused-ring (bicyclic) bond motifs is 1. The molecule has 0 heterocycles. The number of rotatable bonds is 4. The highest BCUT2D eigenvalue weighted by atomic mass is 16.6. The molecule has 1 atom stereocenters. The van der Waals surface area contributed by atoms with E-state index < -0.39 is 29.2 Å². The average Bonchev–Trinajstić information content (AvgIpc) is 2.43. The number of hydrogen-bond acceptors (Lipinski definition) is 4. The summed E-state index contributed by atoms with van der Waals surface area (Å²) in [6.45, 7) is 4.82. The monoisotopic (exact) mass is 316 g/mol. The Kier molecular flexibility index (Phi) is 4.83. The van der Waals surface area contributed by atoms with Gasteiger partial charge in [-0.3, -0.25) is 10.1 Å². The fourth-order valence-electron chi connectivity index (χ4n) is 2.37. The number of amides is 1. The number of alkyl carbamates (subject to hydrolysis) is 1. The molecule has 2 rings (SSSR count). The number of nitrogens with one attached hydrogen (secondary N) is 1. The van der Waals surface area contributed by atoms with Crippen molar-refractivity contribution in [3.05, 3.63) is 58.1 Å². The van der Waals surface area contributed by atoms with Gasteiger partial charge in [0.25, 0.3) is 0 Å². The summed E-state index contributed by atoms with van der Waals surface area (Å²) in [5.41, 5.74) is 0.0350. The predicted molar refractivity (Wildman–Crippen MR) is 87.9 cm³/mol. The van der Waals surface area contributed by atoms with Crippen molar-refractivity contribution in [2.45, 2.75) is 32.4 Å². The van der Waals surface area contributed by atoms with Gasteiger partial charge in [-0.05, 0) is 37.1 Å². The molecule has 0 aliphatic rings. The van der Waals surface area contributed by atoms with Crippen LogP contribution in [0.5, 0.6) is 0 Å². The SMILES string of the molecule is CC(C)(C)OC(=O)N[C@H](C[N+](=O)[O-])c1cccc2ccccc12. The van der Waals surface area contributed by atoms with E-state index in [1.807, 2.05) is 36.4 Å². The van der Waals surface area contributed by atoms with E-state index in [-0.39, 0.29) is 0 Å². The Bertz CT molecular complexity index is 717. The summed E-state index contributed by atoms with van der Waals surface area (Å²) in [4.78, 5) is 22.6. The van der Waals surface area contributed by atoms with Gasteiger partial charge < -0.3 is 10.1 Å². The zero-order valence-corrected chi connectivity index (χ0v) is 13.4. The molecule has 1 amide bonds. The van der Waals surface area contributed by atoms with E-state index >= 15 is 0 Å². The lowest BCUT2D eigenvalue weighted by Gasteiger charge is -2.23. The second-order valence-corrected chi connectivity index (χ2v) is 6.28. The van der Waals surface area contributed by atoms with Crippen molar-refractivity contribution in [2.75, 3.05) is 6.54 Å². The first-order valence-electron chi connectivity index (χ1n) is 7.35. The van der Waals surface area contributed by atoms with E-state index in [0.717, 1.165) is 10.8 Å². The largest absolute Gasteiger partial charge is 0.444 e. The molecule has 2 aromatic carbocycles. The highest BCUT2D eigenvalue weighted by Gasteiger charge is 2.25. The molecule has 122 valence electrons. The van der Waals surface area contributed by atoms with Crippen LogP contribution < -0.4 is 5.32 Å². The fourth-order valence-corrected chi connectivity index (χ4v) is 2.37. The third-order valence-electron chi connectivity index (χ3n) is 3.22. The van der Waals surface area contributed by atoms with Gasteiger partial charge in [-0.2, -0.15) is 0 Å². The van der Waals surface area contributed by atoms with E-state index in [1.54, 1.807) is 26.8 Å². The van der Waals surface area contributed by atoms with Gasteiger partial charge >= 0.3 is 6.09 Å². The second-order valence-electron chi connectivity index (χ2n) is 6.28.